The van der Waals surface area contributed by atoms with E-state index in [-0.39, 0.29) is 11.8 Å². The number of halogens is 3. The Morgan fingerprint density at radius 2 is 2.19 bits per heavy atom. The number of rotatable bonds is 2. The molecular formula is C7H6F3NO4S. The third-order valence-corrected chi connectivity index (χ3v) is 2.98. The average Bonchev–Trinajstić information content (AvgIpc) is 2.42. The molecule has 16 heavy (non-hydrogen) atoms. The first-order valence-electron chi connectivity index (χ1n) is 3.80. The predicted octanol–water partition coefficient (Wildman–Crippen LogP) is 0.680. The summed E-state index contributed by atoms with van der Waals surface area (Å²) >= 11 is -0.0261. The second-order valence-electron chi connectivity index (χ2n) is 2.72. The molecular weight excluding hydrogens is 251 g/mol. The maximum Gasteiger partial charge on any atom is 0.447 e. The summed E-state index contributed by atoms with van der Waals surface area (Å²) in [4.78, 5) is 20.8. The van der Waals surface area contributed by atoms with Gasteiger partial charge in [0.2, 0.25) is 0 Å². The van der Waals surface area contributed by atoms with Gasteiger partial charge in [-0.05, 0) is 0 Å². The monoisotopic (exact) mass is 257 g/mol. The van der Waals surface area contributed by atoms with Crippen molar-refractivity contribution in [1.82, 2.24) is 5.32 Å². The van der Waals surface area contributed by atoms with E-state index < -0.39 is 28.0 Å². The lowest BCUT2D eigenvalue weighted by Gasteiger charge is -2.27. The molecule has 1 aliphatic heterocycles. The van der Waals surface area contributed by atoms with Crippen molar-refractivity contribution in [3.63, 3.8) is 0 Å². The Labute approximate surface area is 91.6 Å². The number of amides is 1. The van der Waals surface area contributed by atoms with Crippen LogP contribution in [0.3, 0.4) is 0 Å². The summed E-state index contributed by atoms with van der Waals surface area (Å²) in [5, 5.41) is 6.99. The van der Waals surface area contributed by atoms with Crippen molar-refractivity contribution < 1.29 is 32.6 Å². The summed E-state index contributed by atoms with van der Waals surface area (Å²) in [5.74, 6) is -2.64. The van der Waals surface area contributed by atoms with Crippen molar-refractivity contribution in [1.29, 1.82) is 0 Å². The number of aliphatic carboxylic acids is 1. The van der Waals surface area contributed by atoms with Gasteiger partial charge in [-0.3, -0.25) is 4.79 Å². The van der Waals surface area contributed by atoms with E-state index in [1.54, 1.807) is 5.32 Å². The molecule has 1 rings (SSSR count). The van der Waals surface area contributed by atoms with E-state index in [1.807, 2.05) is 0 Å². The highest BCUT2D eigenvalue weighted by Gasteiger charge is 2.62. The number of hydrogen-bond donors (Lipinski definition) is 2. The molecule has 0 bridgehead atoms. The minimum absolute atomic E-state index is 0.0261. The van der Waals surface area contributed by atoms with E-state index >= 15 is 0 Å². The molecule has 0 saturated carbocycles. The van der Waals surface area contributed by atoms with Crippen LogP contribution in [0.2, 0.25) is 0 Å². The lowest BCUT2D eigenvalue weighted by atomic mass is 10.4. The molecule has 0 spiro atoms. The number of carboxylic acid groups (broad SMARTS) is 1. The molecule has 2 N–H and O–H groups in total. The van der Waals surface area contributed by atoms with Crippen molar-refractivity contribution in [2.45, 2.75) is 11.2 Å². The molecule has 0 aromatic heterocycles. The molecule has 0 aliphatic carbocycles. The van der Waals surface area contributed by atoms with Gasteiger partial charge in [-0.25, -0.2) is 4.79 Å². The zero-order chi connectivity index (χ0) is 12.6. The van der Waals surface area contributed by atoms with Gasteiger partial charge in [-0.2, -0.15) is 13.2 Å². The summed E-state index contributed by atoms with van der Waals surface area (Å²) in [5.41, 5.74) is 0. The fourth-order valence-electron chi connectivity index (χ4n) is 0.982. The molecule has 5 nitrogen and oxygen atoms in total. The fraction of sp³-hybridized carbons (Fsp3) is 0.429. The number of carboxylic acids is 1. The quantitative estimate of drug-likeness (QED) is 0.711. The number of carbonyl (C=O) groups is 2. The topological polar surface area (TPSA) is 75.6 Å². The molecule has 1 atom stereocenters. The summed E-state index contributed by atoms with van der Waals surface area (Å²) in [7, 11) is 0.768. The Morgan fingerprint density at radius 3 is 2.50 bits per heavy atom. The minimum atomic E-state index is -4.85. The van der Waals surface area contributed by atoms with E-state index in [0.717, 1.165) is 7.11 Å². The molecule has 1 heterocycles. The normalized spacial score (nSPS) is 28.2. The molecule has 1 aliphatic rings. The van der Waals surface area contributed by atoms with Crippen LogP contribution < -0.4 is 5.32 Å². The number of carbonyl (C=O) groups excluding carboxylic acids is 1. The minimum Gasteiger partial charge on any atom is -0.478 e. The highest BCUT2D eigenvalue weighted by Crippen LogP contribution is 2.47. The van der Waals surface area contributed by atoms with Crippen LogP contribution in [0.25, 0.3) is 0 Å². The fourth-order valence-corrected chi connectivity index (χ4v) is 1.94. The summed E-state index contributed by atoms with van der Waals surface area (Å²) in [6.07, 6.45) is -4.46. The highest BCUT2D eigenvalue weighted by molar-refractivity contribution is 8.05. The number of methoxy groups -OCH3 is 1. The Morgan fingerprint density at radius 1 is 1.62 bits per heavy atom. The lowest BCUT2D eigenvalue weighted by Crippen LogP contribution is -2.53. The molecule has 1 fully saturated rings. The standard InChI is InChI=1S/C7H6F3NO4S/c1-15-7(6(8,9)10)11-5(14)3(16-7)2-4(12)13/h2H,1H3,(H,11,14)(H,12,13)/b3-2-. The van der Waals surface area contributed by atoms with Gasteiger partial charge in [0, 0.05) is 13.2 Å². The number of ether oxygens (including phenoxy) is 1. The smallest absolute Gasteiger partial charge is 0.447 e. The van der Waals surface area contributed by atoms with Gasteiger partial charge >= 0.3 is 12.1 Å². The van der Waals surface area contributed by atoms with Crippen LogP contribution in [0.5, 0.6) is 0 Å². The lowest BCUT2D eigenvalue weighted by molar-refractivity contribution is -0.237. The van der Waals surface area contributed by atoms with Gasteiger partial charge in [0.05, 0.1) is 4.91 Å². The van der Waals surface area contributed by atoms with Crippen molar-refractivity contribution in [2.24, 2.45) is 0 Å². The van der Waals surface area contributed by atoms with Crippen molar-refractivity contribution in [3.05, 3.63) is 11.0 Å². The molecule has 1 unspecified atom stereocenters. The first-order valence-corrected chi connectivity index (χ1v) is 4.61. The van der Waals surface area contributed by atoms with Crippen LogP contribution in [0, 0.1) is 0 Å². The molecule has 1 amide bonds. The number of hydrogen-bond acceptors (Lipinski definition) is 4. The van der Waals surface area contributed by atoms with Crippen LogP contribution in [-0.2, 0) is 14.3 Å². The van der Waals surface area contributed by atoms with Crippen molar-refractivity contribution in [3.8, 4) is 0 Å². The third-order valence-electron chi connectivity index (χ3n) is 1.67. The average molecular weight is 257 g/mol. The van der Waals surface area contributed by atoms with Gasteiger partial charge in [-0.1, -0.05) is 11.8 Å². The van der Waals surface area contributed by atoms with E-state index in [9.17, 15) is 22.8 Å². The zero-order valence-corrected chi connectivity index (χ0v) is 8.61. The predicted molar refractivity (Wildman–Crippen MR) is 47.2 cm³/mol. The number of alkyl halides is 3. The highest BCUT2D eigenvalue weighted by atomic mass is 32.2. The van der Waals surface area contributed by atoms with Crippen LogP contribution in [0.4, 0.5) is 13.2 Å². The van der Waals surface area contributed by atoms with E-state index in [4.69, 9.17) is 5.11 Å². The second-order valence-corrected chi connectivity index (χ2v) is 3.94. The Hall–Kier alpha value is -1.22. The van der Waals surface area contributed by atoms with E-state index in [2.05, 4.69) is 4.74 Å². The van der Waals surface area contributed by atoms with Crippen LogP contribution >= 0.6 is 11.8 Å². The SMILES string of the molecule is COC1(C(F)(F)F)NC(=O)/C(=C/C(=O)O)S1. The largest absolute Gasteiger partial charge is 0.478 e. The third kappa shape index (κ3) is 2.14. The molecule has 9 heteroatoms. The van der Waals surface area contributed by atoms with Crippen molar-refractivity contribution >= 4 is 23.6 Å². The van der Waals surface area contributed by atoms with Crippen LogP contribution in [0.15, 0.2) is 11.0 Å². The summed E-state index contributed by atoms with van der Waals surface area (Å²) in [6, 6.07) is 0. The Balaban J connectivity index is 3.06. The molecule has 1 saturated heterocycles. The van der Waals surface area contributed by atoms with Gasteiger partial charge < -0.3 is 15.2 Å². The summed E-state index contributed by atoms with van der Waals surface area (Å²) < 4.78 is 41.9. The maximum atomic E-state index is 12.6. The van der Waals surface area contributed by atoms with Gasteiger partial charge in [0.1, 0.15) is 0 Å². The van der Waals surface area contributed by atoms with Gasteiger partial charge in [-0.15, -0.1) is 0 Å². The molecule has 0 aromatic rings. The molecule has 90 valence electrons. The molecule has 0 aromatic carbocycles. The number of nitrogens with one attached hydrogen (secondary N) is 1. The second kappa shape index (κ2) is 3.98. The Bertz CT molecular complexity index is 367. The van der Waals surface area contributed by atoms with Crippen LogP contribution in [-0.4, -0.2) is 35.3 Å². The van der Waals surface area contributed by atoms with Gasteiger partial charge in [0.15, 0.2) is 0 Å². The first kappa shape index (κ1) is 12.8. The molecule has 0 radical (unpaired) electrons. The van der Waals surface area contributed by atoms with E-state index in [1.165, 1.54) is 0 Å². The zero-order valence-electron chi connectivity index (χ0n) is 7.79. The summed E-state index contributed by atoms with van der Waals surface area (Å²) in [6.45, 7) is 0. The Kier molecular flexibility index (Phi) is 3.20. The first-order chi connectivity index (χ1) is 7.22. The van der Waals surface area contributed by atoms with Crippen molar-refractivity contribution in [2.75, 3.05) is 7.11 Å². The van der Waals surface area contributed by atoms with Crippen LogP contribution in [0.1, 0.15) is 0 Å². The van der Waals surface area contributed by atoms with Gasteiger partial charge in [0.25, 0.3) is 11.0 Å². The van der Waals surface area contributed by atoms with E-state index in [0.29, 0.717) is 6.08 Å². The number of thioether (sulfide) groups is 1. The maximum absolute atomic E-state index is 12.6.